The van der Waals surface area contributed by atoms with Crippen molar-refractivity contribution >= 4 is 23.4 Å². The molecule has 0 bridgehead atoms. The van der Waals surface area contributed by atoms with E-state index in [1.165, 1.54) is 24.8 Å². The largest absolute Gasteiger partial charge is 0.507 e. The van der Waals surface area contributed by atoms with Gasteiger partial charge in [0.05, 0.1) is 0 Å². The minimum atomic E-state index is -0.142. The Balaban J connectivity index is 2.89. The lowest BCUT2D eigenvalue weighted by Crippen LogP contribution is -2.05. The van der Waals surface area contributed by atoms with Crippen molar-refractivity contribution in [3.8, 4) is 5.75 Å². The number of rotatable bonds is 2. The summed E-state index contributed by atoms with van der Waals surface area (Å²) in [4.78, 5) is 11.5. The summed E-state index contributed by atoms with van der Waals surface area (Å²) in [5.41, 5.74) is 0.614. The van der Waals surface area contributed by atoms with E-state index in [1.54, 1.807) is 12.1 Å². The zero-order chi connectivity index (χ0) is 9.84. The number of hydrogen-bond donors (Lipinski definition) is 2. The van der Waals surface area contributed by atoms with Gasteiger partial charge in [0.25, 0.3) is 0 Å². The van der Waals surface area contributed by atoms with Crippen molar-refractivity contribution in [2.45, 2.75) is 11.8 Å². The minimum Gasteiger partial charge on any atom is -0.507 e. The molecule has 0 heterocycles. The van der Waals surface area contributed by atoms with E-state index in [2.05, 4.69) is 5.32 Å². The second-order valence-corrected chi connectivity index (χ2v) is 3.42. The number of nitrogens with one attached hydrogen (secondary N) is 1. The maximum absolute atomic E-state index is 10.7. The first-order chi connectivity index (χ1) is 6.13. The third-order valence-electron chi connectivity index (χ3n) is 1.50. The number of aromatic hydroxyl groups is 1. The second kappa shape index (κ2) is 4.18. The molecule has 13 heavy (non-hydrogen) atoms. The second-order valence-electron chi connectivity index (χ2n) is 2.57. The number of phenols is 1. The highest BCUT2D eigenvalue weighted by atomic mass is 32.2. The summed E-state index contributed by atoms with van der Waals surface area (Å²) in [6.07, 6.45) is 1.88. The average Bonchev–Trinajstić information content (AvgIpc) is 2.03. The first-order valence-corrected chi connectivity index (χ1v) is 5.00. The van der Waals surface area contributed by atoms with Crippen LogP contribution in [0, 0.1) is 0 Å². The normalized spacial score (nSPS) is 9.69. The van der Waals surface area contributed by atoms with Gasteiger partial charge in [-0.25, -0.2) is 0 Å². The van der Waals surface area contributed by atoms with E-state index in [-0.39, 0.29) is 11.7 Å². The van der Waals surface area contributed by atoms with Crippen molar-refractivity contribution in [3.05, 3.63) is 18.2 Å². The average molecular weight is 197 g/mol. The molecule has 1 rings (SSSR count). The van der Waals surface area contributed by atoms with Crippen LogP contribution in [0.4, 0.5) is 5.69 Å². The molecule has 70 valence electrons. The van der Waals surface area contributed by atoms with E-state index in [0.717, 1.165) is 4.90 Å². The van der Waals surface area contributed by atoms with Crippen molar-refractivity contribution in [3.63, 3.8) is 0 Å². The van der Waals surface area contributed by atoms with Crippen molar-refractivity contribution < 1.29 is 9.90 Å². The fourth-order valence-corrected chi connectivity index (χ4v) is 1.44. The molecule has 0 atom stereocenters. The van der Waals surface area contributed by atoms with Crippen LogP contribution < -0.4 is 5.32 Å². The van der Waals surface area contributed by atoms with E-state index in [1.807, 2.05) is 6.26 Å². The number of amides is 1. The quantitative estimate of drug-likeness (QED) is 0.713. The van der Waals surface area contributed by atoms with Crippen LogP contribution >= 0.6 is 11.8 Å². The Kier molecular flexibility index (Phi) is 3.19. The molecule has 2 N–H and O–H groups in total. The first-order valence-electron chi connectivity index (χ1n) is 3.78. The maximum Gasteiger partial charge on any atom is 0.221 e. The summed E-state index contributed by atoms with van der Waals surface area (Å²) in [6, 6.07) is 5.06. The van der Waals surface area contributed by atoms with E-state index in [0.29, 0.717) is 5.69 Å². The number of carbonyl (C=O) groups is 1. The molecule has 0 fully saturated rings. The molecule has 0 aromatic heterocycles. The van der Waals surface area contributed by atoms with Gasteiger partial charge < -0.3 is 10.4 Å². The lowest BCUT2D eigenvalue weighted by atomic mass is 10.3. The summed E-state index contributed by atoms with van der Waals surface area (Å²) in [5, 5.41) is 12.0. The Morgan fingerprint density at radius 1 is 1.54 bits per heavy atom. The predicted molar refractivity (Wildman–Crippen MR) is 54.2 cm³/mol. The molecule has 3 nitrogen and oxygen atoms in total. The molecular weight excluding hydrogens is 186 g/mol. The van der Waals surface area contributed by atoms with Gasteiger partial charge in [-0.2, -0.15) is 0 Å². The van der Waals surface area contributed by atoms with Crippen LogP contribution in [0.3, 0.4) is 0 Å². The van der Waals surface area contributed by atoms with Gasteiger partial charge >= 0.3 is 0 Å². The van der Waals surface area contributed by atoms with Crippen LogP contribution in [0.2, 0.25) is 0 Å². The van der Waals surface area contributed by atoms with Gasteiger partial charge in [0.15, 0.2) is 0 Å². The highest BCUT2D eigenvalue weighted by Gasteiger charge is 2.01. The number of hydrogen-bond acceptors (Lipinski definition) is 3. The van der Waals surface area contributed by atoms with Gasteiger partial charge in [0.1, 0.15) is 5.75 Å². The number of carbonyl (C=O) groups excluding carboxylic acids is 1. The van der Waals surface area contributed by atoms with E-state index in [9.17, 15) is 9.90 Å². The summed E-state index contributed by atoms with van der Waals surface area (Å²) in [5.74, 6) is 0.0510. The van der Waals surface area contributed by atoms with Crippen LogP contribution in [0.15, 0.2) is 23.1 Å². The van der Waals surface area contributed by atoms with Crippen molar-refractivity contribution in [1.29, 1.82) is 0 Å². The molecule has 0 radical (unpaired) electrons. The zero-order valence-corrected chi connectivity index (χ0v) is 8.31. The Morgan fingerprint density at radius 2 is 2.23 bits per heavy atom. The lowest BCUT2D eigenvalue weighted by Gasteiger charge is -2.05. The zero-order valence-electron chi connectivity index (χ0n) is 7.50. The molecule has 1 aromatic rings. The fraction of sp³-hybridized carbons (Fsp3) is 0.222. The smallest absolute Gasteiger partial charge is 0.221 e. The van der Waals surface area contributed by atoms with Crippen molar-refractivity contribution in [2.75, 3.05) is 11.6 Å². The molecule has 0 saturated carbocycles. The molecule has 0 aliphatic carbocycles. The van der Waals surface area contributed by atoms with Crippen molar-refractivity contribution in [2.24, 2.45) is 0 Å². The third-order valence-corrected chi connectivity index (χ3v) is 2.28. The summed E-state index contributed by atoms with van der Waals surface area (Å²) in [7, 11) is 0. The Hall–Kier alpha value is -1.16. The van der Waals surface area contributed by atoms with Crippen LogP contribution in [0.1, 0.15) is 6.92 Å². The lowest BCUT2D eigenvalue weighted by molar-refractivity contribution is -0.114. The van der Waals surface area contributed by atoms with Crippen LogP contribution in [-0.2, 0) is 4.79 Å². The summed E-state index contributed by atoms with van der Waals surface area (Å²) >= 11 is 1.46. The van der Waals surface area contributed by atoms with Gasteiger partial charge in [-0.15, -0.1) is 11.8 Å². The molecule has 0 aliphatic heterocycles. The Bertz CT molecular complexity index is 325. The molecule has 1 amide bonds. The van der Waals surface area contributed by atoms with E-state index >= 15 is 0 Å². The monoisotopic (exact) mass is 197 g/mol. The van der Waals surface area contributed by atoms with Gasteiger partial charge in [0, 0.05) is 23.6 Å². The van der Waals surface area contributed by atoms with Crippen LogP contribution in [-0.4, -0.2) is 17.3 Å². The van der Waals surface area contributed by atoms with Gasteiger partial charge in [-0.05, 0) is 18.4 Å². The standard InChI is InChI=1S/C9H11NO2S/c1-6(11)10-7-3-4-9(13-2)8(12)5-7/h3-5,12H,1-2H3,(H,10,11). The van der Waals surface area contributed by atoms with Gasteiger partial charge in [-0.3, -0.25) is 4.79 Å². The minimum absolute atomic E-state index is 0.142. The molecule has 1 aromatic carbocycles. The van der Waals surface area contributed by atoms with Crippen LogP contribution in [0.5, 0.6) is 5.75 Å². The molecule has 0 spiro atoms. The number of benzene rings is 1. The molecule has 0 aliphatic rings. The first kappa shape index (κ1) is 9.92. The van der Waals surface area contributed by atoms with Crippen molar-refractivity contribution in [1.82, 2.24) is 0 Å². The number of phenolic OH excluding ortho intramolecular Hbond substituents is 1. The highest BCUT2D eigenvalue weighted by Crippen LogP contribution is 2.28. The summed E-state index contributed by atoms with van der Waals surface area (Å²) in [6.45, 7) is 1.43. The van der Waals surface area contributed by atoms with E-state index in [4.69, 9.17) is 0 Å². The highest BCUT2D eigenvalue weighted by molar-refractivity contribution is 7.98. The number of anilines is 1. The van der Waals surface area contributed by atoms with E-state index < -0.39 is 0 Å². The predicted octanol–water partition coefficient (Wildman–Crippen LogP) is 2.07. The maximum atomic E-state index is 10.7. The fourth-order valence-electron chi connectivity index (χ4n) is 0.971. The third kappa shape index (κ3) is 2.66. The van der Waals surface area contributed by atoms with Gasteiger partial charge in [-0.1, -0.05) is 0 Å². The summed E-state index contributed by atoms with van der Waals surface area (Å²) < 4.78 is 0. The molecule has 0 saturated heterocycles. The SMILES string of the molecule is CSc1ccc(NC(C)=O)cc1O. The topological polar surface area (TPSA) is 49.3 Å². The molecular formula is C9H11NO2S. The molecule has 0 unspecified atom stereocenters. The number of thioether (sulfide) groups is 1. The van der Waals surface area contributed by atoms with Gasteiger partial charge in [0.2, 0.25) is 5.91 Å². The Morgan fingerprint density at radius 3 is 2.69 bits per heavy atom. The molecule has 4 heteroatoms. The van der Waals surface area contributed by atoms with Crippen LogP contribution in [0.25, 0.3) is 0 Å². The Labute approximate surface area is 81.2 Å².